The Bertz CT molecular complexity index is 259. The number of likely N-dealkylation sites (tertiary alicyclic amines) is 1. The zero-order chi connectivity index (χ0) is 10.6. The third-order valence-electron chi connectivity index (χ3n) is 2.61. The van der Waals surface area contributed by atoms with Crippen LogP contribution in [-0.2, 0) is 4.79 Å². The molecule has 1 aliphatic heterocycles. The topological polar surface area (TPSA) is 20.3 Å². The number of nitrogens with zero attached hydrogens (tertiary/aromatic N) is 1. The molecule has 1 saturated heterocycles. The van der Waals surface area contributed by atoms with E-state index in [2.05, 4.69) is 25.7 Å². The van der Waals surface area contributed by atoms with Crippen molar-refractivity contribution in [3.8, 4) is 11.8 Å². The van der Waals surface area contributed by atoms with Crippen molar-refractivity contribution in [1.82, 2.24) is 4.90 Å². The molecule has 0 spiro atoms. The zero-order valence-corrected chi connectivity index (χ0v) is 9.34. The summed E-state index contributed by atoms with van der Waals surface area (Å²) >= 11 is 0. The molecular formula is C12H19NO. The van der Waals surface area contributed by atoms with Crippen molar-refractivity contribution in [2.75, 3.05) is 6.54 Å². The fraction of sp³-hybridized carbons (Fsp3) is 0.750. The van der Waals surface area contributed by atoms with E-state index in [1.54, 1.807) is 6.92 Å². The highest BCUT2D eigenvalue weighted by Gasteiger charge is 2.27. The standard InChI is InChI=1S/C12H19NO/c1-4-6-12(14)13-8-5-7-11(13)9-10(2)3/h10-11H,5,7-9H2,1-3H3/t11-/m1/s1. The third-order valence-corrected chi connectivity index (χ3v) is 2.61. The SMILES string of the molecule is CC#CC(=O)N1CCC[C@@H]1CC(C)C. The molecule has 0 aromatic heterocycles. The van der Waals surface area contributed by atoms with E-state index in [4.69, 9.17) is 0 Å². The normalized spacial score (nSPS) is 20.9. The predicted octanol–water partition coefficient (Wildman–Crippen LogP) is 2.05. The fourth-order valence-electron chi connectivity index (χ4n) is 2.07. The minimum Gasteiger partial charge on any atom is -0.329 e. The van der Waals surface area contributed by atoms with Gasteiger partial charge in [0.15, 0.2) is 0 Å². The molecule has 2 heteroatoms. The molecule has 14 heavy (non-hydrogen) atoms. The average molecular weight is 193 g/mol. The van der Waals surface area contributed by atoms with Gasteiger partial charge in [-0.15, -0.1) is 0 Å². The number of carbonyl (C=O) groups excluding carboxylic acids is 1. The van der Waals surface area contributed by atoms with Gasteiger partial charge < -0.3 is 4.90 Å². The van der Waals surface area contributed by atoms with Gasteiger partial charge in [-0.25, -0.2) is 0 Å². The number of amides is 1. The van der Waals surface area contributed by atoms with Gasteiger partial charge in [-0.1, -0.05) is 19.8 Å². The van der Waals surface area contributed by atoms with Crippen LogP contribution in [-0.4, -0.2) is 23.4 Å². The molecule has 0 bridgehead atoms. The Kier molecular flexibility index (Phi) is 4.00. The Labute approximate surface area is 86.7 Å². The van der Waals surface area contributed by atoms with Crippen LogP contribution in [0.2, 0.25) is 0 Å². The van der Waals surface area contributed by atoms with E-state index >= 15 is 0 Å². The highest BCUT2D eigenvalue weighted by Crippen LogP contribution is 2.23. The van der Waals surface area contributed by atoms with E-state index in [-0.39, 0.29) is 5.91 Å². The first-order chi connectivity index (χ1) is 6.65. The van der Waals surface area contributed by atoms with Gasteiger partial charge in [-0.2, -0.15) is 0 Å². The molecule has 0 aromatic rings. The van der Waals surface area contributed by atoms with E-state index in [1.807, 2.05) is 4.90 Å². The van der Waals surface area contributed by atoms with Crippen molar-refractivity contribution in [2.24, 2.45) is 5.92 Å². The quantitative estimate of drug-likeness (QED) is 0.615. The molecule has 1 aliphatic rings. The summed E-state index contributed by atoms with van der Waals surface area (Å²) in [6.45, 7) is 7.01. The molecule has 0 unspecified atom stereocenters. The monoisotopic (exact) mass is 193 g/mol. The maximum Gasteiger partial charge on any atom is 0.298 e. The van der Waals surface area contributed by atoms with Gasteiger partial charge in [0, 0.05) is 12.6 Å². The first kappa shape index (κ1) is 11.1. The average Bonchev–Trinajstić information content (AvgIpc) is 2.51. The van der Waals surface area contributed by atoms with Gasteiger partial charge >= 0.3 is 0 Å². The highest BCUT2D eigenvalue weighted by molar-refractivity contribution is 5.93. The molecule has 1 atom stereocenters. The van der Waals surface area contributed by atoms with E-state index in [9.17, 15) is 4.79 Å². The second-order valence-electron chi connectivity index (χ2n) is 4.30. The minimum atomic E-state index is 0.00986. The van der Waals surface area contributed by atoms with Crippen LogP contribution in [0.3, 0.4) is 0 Å². The molecule has 0 saturated carbocycles. The van der Waals surface area contributed by atoms with Crippen LogP contribution in [0, 0.1) is 17.8 Å². The number of rotatable bonds is 2. The lowest BCUT2D eigenvalue weighted by atomic mass is 10.0. The maximum absolute atomic E-state index is 11.6. The van der Waals surface area contributed by atoms with Crippen LogP contribution in [0.25, 0.3) is 0 Å². The number of hydrogen-bond acceptors (Lipinski definition) is 1. The first-order valence-electron chi connectivity index (χ1n) is 5.38. The second kappa shape index (κ2) is 5.05. The fourth-order valence-corrected chi connectivity index (χ4v) is 2.07. The van der Waals surface area contributed by atoms with E-state index < -0.39 is 0 Å². The summed E-state index contributed by atoms with van der Waals surface area (Å²) in [5.74, 6) is 5.97. The van der Waals surface area contributed by atoms with Crippen LogP contribution >= 0.6 is 0 Å². The molecule has 1 heterocycles. The molecule has 2 nitrogen and oxygen atoms in total. The van der Waals surface area contributed by atoms with Gasteiger partial charge in [-0.3, -0.25) is 4.79 Å². The molecule has 1 fully saturated rings. The second-order valence-corrected chi connectivity index (χ2v) is 4.30. The summed E-state index contributed by atoms with van der Waals surface area (Å²) in [5.41, 5.74) is 0. The van der Waals surface area contributed by atoms with Gasteiger partial charge in [-0.05, 0) is 38.0 Å². The summed E-state index contributed by atoms with van der Waals surface area (Å²) in [4.78, 5) is 13.5. The van der Waals surface area contributed by atoms with E-state index in [0.717, 1.165) is 25.8 Å². The molecule has 0 aromatic carbocycles. The summed E-state index contributed by atoms with van der Waals surface area (Å²) in [5, 5.41) is 0. The molecule has 0 aliphatic carbocycles. The van der Waals surface area contributed by atoms with Crippen LogP contribution in [0.5, 0.6) is 0 Å². The van der Waals surface area contributed by atoms with Crippen molar-refractivity contribution in [1.29, 1.82) is 0 Å². The van der Waals surface area contributed by atoms with Gasteiger partial charge in [0.2, 0.25) is 0 Å². The van der Waals surface area contributed by atoms with E-state index in [0.29, 0.717) is 12.0 Å². The van der Waals surface area contributed by atoms with Crippen molar-refractivity contribution < 1.29 is 4.79 Å². The van der Waals surface area contributed by atoms with Crippen molar-refractivity contribution in [3.63, 3.8) is 0 Å². The molecular weight excluding hydrogens is 174 g/mol. The van der Waals surface area contributed by atoms with Crippen molar-refractivity contribution >= 4 is 5.91 Å². The Morgan fingerprint density at radius 3 is 2.86 bits per heavy atom. The lowest BCUT2D eigenvalue weighted by Gasteiger charge is -2.23. The molecule has 78 valence electrons. The number of hydrogen-bond donors (Lipinski definition) is 0. The van der Waals surface area contributed by atoms with Crippen LogP contribution in [0.1, 0.15) is 40.0 Å². The molecule has 1 rings (SSSR count). The smallest absolute Gasteiger partial charge is 0.298 e. The highest BCUT2D eigenvalue weighted by atomic mass is 16.2. The Hall–Kier alpha value is -0.970. The maximum atomic E-state index is 11.6. The summed E-state index contributed by atoms with van der Waals surface area (Å²) in [6, 6.07) is 0.434. The van der Waals surface area contributed by atoms with Crippen LogP contribution < -0.4 is 0 Å². The van der Waals surface area contributed by atoms with Crippen molar-refractivity contribution in [2.45, 2.75) is 46.1 Å². The van der Waals surface area contributed by atoms with Crippen LogP contribution in [0.15, 0.2) is 0 Å². The molecule has 0 radical (unpaired) electrons. The zero-order valence-electron chi connectivity index (χ0n) is 9.34. The summed E-state index contributed by atoms with van der Waals surface area (Å²) < 4.78 is 0. The first-order valence-corrected chi connectivity index (χ1v) is 5.38. The third kappa shape index (κ3) is 2.77. The molecule has 1 amide bonds. The van der Waals surface area contributed by atoms with Gasteiger partial charge in [0.05, 0.1) is 0 Å². The minimum absolute atomic E-state index is 0.00986. The van der Waals surface area contributed by atoms with Crippen molar-refractivity contribution in [3.05, 3.63) is 0 Å². The molecule has 0 N–H and O–H groups in total. The van der Waals surface area contributed by atoms with Crippen LogP contribution in [0.4, 0.5) is 0 Å². The summed E-state index contributed by atoms with van der Waals surface area (Å²) in [6.07, 6.45) is 3.39. The Morgan fingerprint density at radius 2 is 2.29 bits per heavy atom. The van der Waals surface area contributed by atoms with Gasteiger partial charge in [0.25, 0.3) is 5.91 Å². The van der Waals surface area contributed by atoms with Gasteiger partial charge in [0.1, 0.15) is 0 Å². The Morgan fingerprint density at radius 1 is 1.57 bits per heavy atom. The lowest BCUT2D eigenvalue weighted by Crippen LogP contribution is -2.35. The summed E-state index contributed by atoms with van der Waals surface area (Å²) in [7, 11) is 0. The largest absolute Gasteiger partial charge is 0.329 e. The predicted molar refractivity (Wildman–Crippen MR) is 57.6 cm³/mol. The lowest BCUT2D eigenvalue weighted by molar-refractivity contribution is -0.126. The number of carbonyl (C=O) groups is 1. The Balaban J connectivity index is 2.57. The van der Waals surface area contributed by atoms with E-state index in [1.165, 1.54) is 0 Å².